The highest BCUT2D eigenvalue weighted by Crippen LogP contribution is 2.45. The lowest BCUT2D eigenvalue weighted by molar-refractivity contribution is -0.181. The predicted octanol–water partition coefficient (Wildman–Crippen LogP) is 7.60. The quantitative estimate of drug-likeness (QED) is 0.203. The van der Waals surface area contributed by atoms with Crippen LogP contribution in [0.1, 0.15) is 27.8 Å². The molecule has 4 aromatic carbocycles. The molecule has 0 saturated carbocycles. The van der Waals surface area contributed by atoms with Gasteiger partial charge in [-0.3, -0.25) is 0 Å². The van der Waals surface area contributed by atoms with Gasteiger partial charge in [0.05, 0.1) is 26.4 Å². The average molecular weight is 551 g/mol. The van der Waals surface area contributed by atoms with Gasteiger partial charge in [-0.2, -0.15) is 0 Å². The first kappa shape index (κ1) is 27.0. The summed E-state index contributed by atoms with van der Waals surface area (Å²) < 4.78 is 26.4. The van der Waals surface area contributed by atoms with Crippen LogP contribution in [0, 0.1) is 6.92 Å². The molecular weight excluding hydrogens is 516 g/mol. The summed E-state index contributed by atoms with van der Waals surface area (Å²) >= 11 is 1.74. The van der Waals surface area contributed by atoms with Gasteiger partial charge in [0, 0.05) is 10.5 Å². The molecule has 0 N–H and O–H groups in total. The summed E-state index contributed by atoms with van der Waals surface area (Å²) in [4.78, 5) is 1.22. The Hall–Kier alpha value is -3.19. The molecular formula is C35H34O4S. The third kappa shape index (κ3) is 6.57. The van der Waals surface area contributed by atoms with E-state index in [1.165, 1.54) is 16.0 Å². The van der Waals surface area contributed by atoms with Crippen LogP contribution in [0.3, 0.4) is 0 Å². The number of hydrogen-bond donors (Lipinski definition) is 0. The first-order chi connectivity index (χ1) is 19.7. The van der Waals surface area contributed by atoms with Crippen molar-refractivity contribution in [2.24, 2.45) is 0 Å². The van der Waals surface area contributed by atoms with E-state index in [-0.39, 0.29) is 23.7 Å². The van der Waals surface area contributed by atoms with Crippen molar-refractivity contribution in [3.63, 3.8) is 0 Å². The molecule has 0 bridgehead atoms. The average Bonchev–Trinajstić information content (AvgIpc) is 3.00. The van der Waals surface area contributed by atoms with E-state index in [4.69, 9.17) is 18.9 Å². The zero-order valence-corrected chi connectivity index (χ0v) is 23.5. The highest BCUT2D eigenvalue weighted by atomic mass is 32.2. The first-order valence-corrected chi connectivity index (χ1v) is 14.7. The molecule has 0 unspecified atom stereocenters. The van der Waals surface area contributed by atoms with E-state index in [1.807, 2.05) is 54.6 Å². The van der Waals surface area contributed by atoms with Gasteiger partial charge in [0.2, 0.25) is 0 Å². The summed E-state index contributed by atoms with van der Waals surface area (Å²) in [6, 6.07) is 37.4. The molecule has 2 aliphatic heterocycles. The Kier molecular flexibility index (Phi) is 8.77. The van der Waals surface area contributed by atoms with Gasteiger partial charge in [-0.25, -0.2) is 0 Å². The minimum atomic E-state index is -0.339. The summed E-state index contributed by atoms with van der Waals surface area (Å²) in [5.41, 5.74) is 6.75. The van der Waals surface area contributed by atoms with Crippen LogP contribution in [0.25, 0.3) is 6.08 Å². The highest BCUT2D eigenvalue weighted by molar-refractivity contribution is 8.00. The van der Waals surface area contributed by atoms with Crippen molar-refractivity contribution in [3.05, 3.63) is 143 Å². The highest BCUT2D eigenvalue weighted by Gasteiger charge is 2.45. The molecule has 0 amide bonds. The van der Waals surface area contributed by atoms with E-state index < -0.39 is 0 Å². The lowest BCUT2D eigenvalue weighted by Crippen LogP contribution is -2.53. The van der Waals surface area contributed by atoms with Crippen molar-refractivity contribution in [1.82, 2.24) is 0 Å². The van der Waals surface area contributed by atoms with Crippen molar-refractivity contribution >= 4 is 17.8 Å². The van der Waals surface area contributed by atoms with E-state index in [0.29, 0.717) is 26.4 Å². The molecule has 0 spiro atoms. The fourth-order valence-corrected chi connectivity index (χ4v) is 6.34. The van der Waals surface area contributed by atoms with Crippen molar-refractivity contribution in [3.8, 4) is 0 Å². The molecule has 1 fully saturated rings. The maximum Gasteiger partial charge on any atom is 0.132 e. The predicted molar refractivity (Wildman–Crippen MR) is 160 cm³/mol. The van der Waals surface area contributed by atoms with Crippen LogP contribution >= 0.6 is 11.8 Å². The summed E-state index contributed by atoms with van der Waals surface area (Å²) in [7, 11) is 0. The van der Waals surface area contributed by atoms with Crippen LogP contribution in [-0.4, -0.2) is 30.4 Å². The van der Waals surface area contributed by atoms with Gasteiger partial charge < -0.3 is 18.9 Å². The topological polar surface area (TPSA) is 36.9 Å². The minimum absolute atomic E-state index is 0.169. The Balaban J connectivity index is 1.30. The van der Waals surface area contributed by atoms with Gasteiger partial charge >= 0.3 is 0 Å². The second kappa shape index (κ2) is 13.0. The van der Waals surface area contributed by atoms with Gasteiger partial charge in [0.1, 0.15) is 23.7 Å². The number of hydrogen-bond acceptors (Lipinski definition) is 5. The fraction of sp³-hybridized carbons (Fsp3) is 0.257. The maximum atomic E-state index is 6.76. The van der Waals surface area contributed by atoms with Gasteiger partial charge in [-0.1, -0.05) is 120 Å². The number of benzene rings is 4. The number of ether oxygens (including phenoxy) is 4. The van der Waals surface area contributed by atoms with Gasteiger partial charge in [-0.15, -0.1) is 0 Å². The summed E-state index contributed by atoms with van der Waals surface area (Å²) in [5.74, 6) is 0. The van der Waals surface area contributed by atoms with E-state index in [1.54, 1.807) is 11.8 Å². The molecule has 1 saturated heterocycles. The van der Waals surface area contributed by atoms with Crippen molar-refractivity contribution in [1.29, 1.82) is 0 Å². The van der Waals surface area contributed by atoms with E-state index in [2.05, 4.69) is 67.6 Å². The van der Waals surface area contributed by atoms with Crippen LogP contribution in [0.15, 0.2) is 120 Å². The number of aryl methyl sites for hydroxylation is 1. The maximum absolute atomic E-state index is 6.76. The van der Waals surface area contributed by atoms with Crippen molar-refractivity contribution in [2.45, 2.75) is 55.4 Å². The van der Waals surface area contributed by atoms with Crippen LogP contribution in [0.2, 0.25) is 0 Å². The molecule has 4 atom stereocenters. The minimum Gasteiger partial charge on any atom is -0.374 e. The second-order valence-corrected chi connectivity index (χ2v) is 11.4. The Morgan fingerprint density at radius 3 is 1.95 bits per heavy atom. The third-order valence-corrected chi connectivity index (χ3v) is 8.46. The Morgan fingerprint density at radius 2 is 1.30 bits per heavy atom. The lowest BCUT2D eigenvalue weighted by atomic mass is 9.94. The summed E-state index contributed by atoms with van der Waals surface area (Å²) in [6.45, 7) is 4.01. The van der Waals surface area contributed by atoms with Crippen molar-refractivity contribution < 1.29 is 18.9 Å². The van der Waals surface area contributed by atoms with Crippen LogP contribution in [-0.2, 0) is 38.8 Å². The van der Waals surface area contributed by atoms with Crippen LogP contribution in [0.4, 0.5) is 0 Å². The van der Waals surface area contributed by atoms with E-state index in [9.17, 15) is 0 Å². The van der Waals surface area contributed by atoms with E-state index >= 15 is 0 Å². The van der Waals surface area contributed by atoms with Gasteiger partial charge in [-0.05, 0) is 41.3 Å². The molecule has 0 aromatic heterocycles. The van der Waals surface area contributed by atoms with Crippen LogP contribution < -0.4 is 0 Å². The van der Waals surface area contributed by atoms with Crippen molar-refractivity contribution in [2.75, 3.05) is 6.61 Å². The largest absolute Gasteiger partial charge is 0.374 e. The smallest absolute Gasteiger partial charge is 0.132 e. The van der Waals surface area contributed by atoms with Gasteiger partial charge in [0.15, 0.2) is 0 Å². The molecule has 2 heterocycles. The summed E-state index contributed by atoms with van der Waals surface area (Å²) in [6.07, 6.45) is 1.33. The molecule has 4 aromatic rings. The molecule has 5 heteroatoms. The summed E-state index contributed by atoms with van der Waals surface area (Å²) in [5, 5.41) is 0. The van der Waals surface area contributed by atoms with Crippen LogP contribution in [0.5, 0.6) is 0 Å². The molecule has 0 aliphatic carbocycles. The zero-order valence-electron chi connectivity index (χ0n) is 22.6. The Morgan fingerprint density at radius 1 is 0.700 bits per heavy atom. The van der Waals surface area contributed by atoms with E-state index in [0.717, 1.165) is 22.3 Å². The molecule has 6 rings (SSSR count). The zero-order chi connectivity index (χ0) is 27.1. The lowest BCUT2D eigenvalue weighted by Gasteiger charge is -2.44. The molecule has 0 radical (unpaired) electrons. The first-order valence-electron chi connectivity index (χ1n) is 13.8. The molecule has 2 aliphatic rings. The number of fused-ring (bicyclic) bond motifs is 2. The SMILES string of the molecule is Cc1ccc2c(c1)C=C1[C@@H](OCc3ccccc3)[C@H](OCc3ccccc3)[C@@H](COCc3ccccc3)O[C@H]1S2. The third-order valence-electron chi connectivity index (χ3n) is 7.24. The Labute approximate surface area is 240 Å². The fourth-order valence-electron chi connectivity index (χ4n) is 5.18. The van der Waals surface area contributed by atoms with Gasteiger partial charge in [0.25, 0.3) is 0 Å². The molecule has 4 nitrogen and oxygen atoms in total. The number of rotatable bonds is 10. The number of thioether (sulfide) groups is 1. The molecule has 40 heavy (non-hydrogen) atoms. The Bertz CT molecular complexity index is 1410. The standard InChI is InChI=1S/C35H34O4S/c1-25-17-18-32-29(19-25)20-30-33(37-22-27-13-7-3-8-14-27)34(38-23-28-15-9-4-10-16-28)31(39-35(30)40-32)24-36-21-26-11-5-2-6-12-26/h2-20,31,33-35H,21-24H2,1H3/t31-,33-,34-,35+/m1/s1. The second-order valence-electron chi connectivity index (χ2n) is 10.3. The monoisotopic (exact) mass is 550 g/mol. The normalized spacial score (nSPS) is 21.8. The molecule has 204 valence electrons.